The van der Waals surface area contributed by atoms with Gasteiger partial charge in [0.05, 0.1) is 6.42 Å². The molecule has 1 unspecified atom stereocenters. The minimum atomic E-state index is -1.92. The number of carboxylic acids is 1. The van der Waals surface area contributed by atoms with Crippen molar-refractivity contribution in [2.24, 2.45) is 11.1 Å². The van der Waals surface area contributed by atoms with Crippen LogP contribution in [0.5, 0.6) is 5.75 Å². The van der Waals surface area contributed by atoms with Crippen LogP contribution in [0, 0.1) is 28.7 Å². The maximum absolute atomic E-state index is 13.7. The molecule has 1 aliphatic rings. The number of carbonyl (C=O) groups excluding carboxylic acids is 4. The minimum Gasteiger partial charge on any atom is -0.481 e. The van der Waals surface area contributed by atoms with Gasteiger partial charge in [-0.25, -0.2) is 8.78 Å². The van der Waals surface area contributed by atoms with E-state index in [0.29, 0.717) is 6.42 Å². The Kier molecular flexibility index (Phi) is 8.08. The van der Waals surface area contributed by atoms with E-state index in [0.717, 1.165) is 0 Å². The number of carboxylic acid groups (broad SMARTS) is 1. The molecule has 14 heteroatoms. The number of hydrogen-bond acceptors (Lipinski definition) is 6. The van der Waals surface area contributed by atoms with Gasteiger partial charge in [0.15, 0.2) is 23.2 Å². The Bertz CT molecular complexity index is 1050. The van der Waals surface area contributed by atoms with Gasteiger partial charge in [-0.3, -0.25) is 24.0 Å². The third-order valence-electron chi connectivity index (χ3n) is 5.62. The van der Waals surface area contributed by atoms with Gasteiger partial charge in [0.1, 0.15) is 23.6 Å². The molecule has 192 valence electrons. The highest BCUT2D eigenvalue weighted by molar-refractivity contribution is 6.08. The van der Waals surface area contributed by atoms with Crippen LogP contribution in [0.15, 0.2) is 6.07 Å². The average Bonchev–Trinajstić information content (AvgIpc) is 2.70. The quantitative estimate of drug-likeness (QED) is 0.195. The molecule has 35 heavy (non-hydrogen) atoms. The van der Waals surface area contributed by atoms with Crippen LogP contribution in [0.1, 0.15) is 39.5 Å². The number of amides is 3. The predicted molar refractivity (Wildman–Crippen MR) is 109 cm³/mol. The molecule has 0 saturated heterocycles. The summed E-state index contributed by atoms with van der Waals surface area (Å²) in [7, 11) is 0. The Hall–Kier alpha value is -3.71. The summed E-state index contributed by atoms with van der Waals surface area (Å²) in [5.74, 6) is -14.5. The summed E-state index contributed by atoms with van der Waals surface area (Å²) in [6, 6.07) is -1.89. The van der Waals surface area contributed by atoms with Crippen LogP contribution >= 0.6 is 0 Å². The maximum Gasteiger partial charge on any atom is 0.305 e. The Labute approximate surface area is 196 Å². The van der Waals surface area contributed by atoms with Crippen molar-refractivity contribution in [3.8, 4) is 5.75 Å². The molecule has 0 aliphatic heterocycles. The summed E-state index contributed by atoms with van der Waals surface area (Å²) >= 11 is 0. The number of rotatable bonds is 11. The van der Waals surface area contributed by atoms with Gasteiger partial charge < -0.3 is 26.2 Å². The fourth-order valence-corrected chi connectivity index (χ4v) is 3.19. The number of primary amides is 1. The Morgan fingerprint density at radius 2 is 1.63 bits per heavy atom. The molecule has 1 aliphatic carbocycles. The number of nitrogens with two attached hydrogens (primary N) is 1. The highest BCUT2D eigenvalue weighted by atomic mass is 19.2. The summed E-state index contributed by atoms with van der Waals surface area (Å²) in [5, 5.41) is 13.5. The van der Waals surface area contributed by atoms with Crippen molar-refractivity contribution < 1.29 is 51.4 Å². The zero-order valence-electron chi connectivity index (χ0n) is 18.7. The molecule has 0 radical (unpaired) electrons. The lowest BCUT2D eigenvalue weighted by molar-refractivity contribution is -0.153. The van der Waals surface area contributed by atoms with Gasteiger partial charge in [0, 0.05) is 6.07 Å². The minimum absolute atomic E-state index is 0.0168. The van der Waals surface area contributed by atoms with E-state index in [9.17, 15) is 41.5 Å². The third-order valence-corrected chi connectivity index (χ3v) is 5.62. The van der Waals surface area contributed by atoms with Crippen molar-refractivity contribution in [1.82, 2.24) is 10.6 Å². The van der Waals surface area contributed by atoms with E-state index < -0.39 is 88.5 Å². The van der Waals surface area contributed by atoms with E-state index >= 15 is 0 Å². The summed E-state index contributed by atoms with van der Waals surface area (Å²) in [5.41, 5.74) is 1.97. The first-order valence-corrected chi connectivity index (χ1v) is 10.3. The van der Waals surface area contributed by atoms with E-state index in [4.69, 9.17) is 10.8 Å². The highest BCUT2D eigenvalue weighted by Crippen LogP contribution is 2.42. The smallest absolute Gasteiger partial charge is 0.305 e. The van der Waals surface area contributed by atoms with Gasteiger partial charge in [-0.2, -0.15) is 8.78 Å². The van der Waals surface area contributed by atoms with Crippen LogP contribution in [0.25, 0.3) is 0 Å². The largest absolute Gasteiger partial charge is 0.481 e. The normalized spacial score (nSPS) is 15.4. The van der Waals surface area contributed by atoms with E-state index in [1.54, 1.807) is 0 Å². The van der Waals surface area contributed by atoms with Crippen molar-refractivity contribution >= 4 is 29.5 Å². The molecule has 10 nitrogen and oxygen atoms in total. The van der Waals surface area contributed by atoms with Crippen LogP contribution in [-0.4, -0.2) is 52.8 Å². The second-order valence-corrected chi connectivity index (χ2v) is 8.56. The maximum atomic E-state index is 13.7. The molecule has 2 rings (SSSR count). The average molecular weight is 505 g/mol. The standard InChI is InChI=1S/C21H23F4N3O7/c1-20(2,17(26)32)28-19(34)21(4-3-5-21)18(33)27-11(7-13(30)31)12(29)8-35-16-14(24)9(22)6-10(23)15(16)25/h6,11H,3-5,7-8H2,1-2H3,(H2,26,32)(H,27,33)(H,28,34)(H,30,31). The van der Waals surface area contributed by atoms with Crippen LogP contribution in [0.3, 0.4) is 0 Å². The van der Waals surface area contributed by atoms with Crippen LogP contribution < -0.4 is 21.1 Å². The molecular weight excluding hydrogens is 482 g/mol. The number of Topliss-reactive ketones (excluding diaryl/α,β-unsaturated/α-hetero) is 1. The first-order valence-electron chi connectivity index (χ1n) is 10.3. The molecule has 5 N–H and O–H groups in total. The Balaban J connectivity index is 2.20. The number of benzene rings is 1. The number of halogens is 4. The number of aliphatic carboxylic acids is 1. The van der Waals surface area contributed by atoms with Crippen molar-refractivity contribution in [2.45, 2.75) is 51.1 Å². The monoisotopic (exact) mass is 505 g/mol. The fraction of sp³-hybridized carbons (Fsp3) is 0.476. The third kappa shape index (κ3) is 5.87. The van der Waals surface area contributed by atoms with Gasteiger partial charge in [0.25, 0.3) is 0 Å². The van der Waals surface area contributed by atoms with E-state index in [1.165, 1.54) is 13.8 Å². The first kappa shape index (κ1) is 27.5. The lowest BCUT2D eigenvalue weighted by Crippen LogP contribution is -2.63. The van der Waals surface area contributed by atoms with Gasteiger partial charge in [-0.1, -0.05) is 6.42 Å². The first-order chi connectivity index (χ1) is 16.1. The molecule has 1 atom stereocenters. The van der Waals surface area contributed by atoms with E-state index in [1.807, 2.05) is 0 Å². The molecule has 1 aromatic rings. The van der Waals surface area contributed by atoms with Gasteiger partial charge >= 0.3 is 5.97 Å². The molecule has 1 saturated carbocycles. The molecule has 1 aromatic carbocycles. The number of ether oxygens (including phenoxy) is 1. The highest BCUT2D eigenvalue weighted by Gasteiger charge is 2.53. The van der Waals surface area contributed by atoms with Crippen LogP contribution in [0.2, 0.25) is 0 Å². The van der Waals surface area contributed by atoms with Crippen molar-refractivity contribution in [1.29, 1.82) is 0 Å². The molecule has 0 spiro atoms. The summed E-state index contributed by atoms with van der Waals surface area (Å²) in [6.07, 6.45) is -0.533. The van der Waals surface area contributed by atoms with Crippen LogP contribution in [-0.2, 0) is 24.0 Å². The summed E-state index contributed by atoms with van der Waals surface area (Å²) in [6.45, 7) is 1.35. The molecule has 0 heterocycles. The van der Waals surface area contributed by atoms with E-state index in [-0.39, 0.29) is 18.9 Å². The number of carbonyl (C=O) groups is 5. The lowest BCUT2D eigenvalue weighted by Gasteiger charge is -2.41. The van der Waals surface area contributed by atoms with Crippen molar-refractivity contribution in [3.05, 3.63) is 29.3 Å². The Morgan fingerprint density at radius 1 is 1.09 bits per heavy atom. The zero-order chi connectivity index (χ0) is 26.7. The van der Waals surface area contributed by atoms with Crippen molar-refractivity contribution in [2.75, 3.05) is 6.61 Å². The second kappa shape index (κ2) is 10.3. The van der Waals surface area contributed by atoms with Gasteiger partial charge in [0.2, 0.25) is 29.4 Å². The molecule has 0 aromatic heterocycles. The van der Waals surface area contributed by atoms with Crippen molar-refractivity contribution in [3.63, 3.8) is 0 Å². The van der Waals surface area contributed by atoms with Crippen LogP contribution in [0.4, 0.5) is 17.6 Å². The molecule has 1 fully saturated rings. The molecular formula is C21H23F4N3O7. The molecule has 3 amide bonds. The van der Waals surface area contributed by atoms with E-state index in [2.05, 4.69) is 15.4 Å². The lowest BCUT2D eigenvalue weighted by atomic mass is 9.66. The summed E-state index contributed by atoms with van der Waals surface area (Å²) < 4.78 is 58.7. The SMILES string of the molecule is CC(C)(NC(=O)C1(C(=O)NC(CC(=O)O)C(=O)COc2c(F)c(F)cc(F)c2F)CCC1)C(N)=O. The second-order valence-electron chi connectivity index (χ2n) is 8.56. The topological polar surface area (TPSA) is 165 Å². The molecule has 0 bridgehead atoms. The van der Waals surface area contributed by atoms with Gasteiger partial charge in [-0.15, -0.1) is 0 Å². The number of ketones is 1. The summed E-state index contributed by atoms with van der Waals surface area (Å²) in [4.78, 5) is 60.9. The Morgan fingerprint density at radius 3 is 2.06 bits per heavy atom. The number of nitrogens with one attached hydrogen (secondary N) is 2. The number of hydrogen-bond donors (Lipinski definition) is 4. The predicted octanol–water partition coefficient (Wildman–Crippen LogP) is 0.701. The zero-order valence-corrected chi connectivity index (χ0v) is 18.7. The van der Waals surface area contributed by atoms with Gasteiger partial charge in [-0.05, 0) is 26.7 Å². The fourth-order valence-electron chi connectivity index (χ4n) is 3.19.